The predicted octanol–water partition coefficient (Wildman–Crippen LogP) is 16.9. The first-order valence-corrected chi connectivity index (χ1v) is 22.3. The molecule has 9 rings (SSSR count). The van der Waals surface area contributed by atoms with Crippen LogP contribution in [0.1, 0.15) is 63.9 Å². The van der Waals surface area contributed by atoms with Crippen molar-refractivity contribution in [3.8, 4) is 44.5 Å². The molecule has 0 nitrogen and oxygen atoms in total. The van der Waals surface area contributed by atoms with Crippen LogP contribution in [0.15, 0.2) is 187 Å². The minimum Gasteiger partial charge on any atom is -0.129 e. The molecule has 0 bridgehead atoms. The Morgan fingerprint density at radius 2 is 0.800 bits per heavy atom. The summed E-state index contributed by atoms with van der Waals surface area (Å²) in [5, 5.41) is 0. The highest BCUT2D eigenvalue weighted by Crippen LogP contribution is 2.48. The average molecular weight is 801 g/mol. The van der Waals surface area contributed by atoms with E-state index in [1.54, 1.807) is 0 Å². The van der Waals surface area contributed by atoms with Gasteiger partial charge in [-0.15, -0.1) is 11.8 Å². The molecular weight excluding hydrogens is 741 g/mol. The van der Waals surface area contributed by atoms with Crippen LogP contribution in [0.5, 0.6) is 0 Å². The Labute approximate surface area is 365 Å². The van der Waals surface area contributed by atoms with Gasteiger partial charge in [0, 0.05) is 10.3 Å². The van der Waals surface area contributed by atoms with E-state index < -0.39 is 0 Å². The van der Waals surface area contributed by atoms with Crippen molar-refractivity contribution < 1.29 is 0 Å². The molecule has 0 aromatic heterocycles. The summed E-state index contributed by atoms with van der Waals surface area (Å²) in [4.78, 5) is 1.33. The maximum absolute atomic E-state index is 2.31. The van der Waals surface area contributed by atoms with Crippen LogP contribution >= 0.6 is 11.8 Å². The first-order chi connectivity index (χ1) is 28.9. The Balaban J connectivity index is 0.000000160. The lowest BCUT2D eigenvalue weighted by molar-refractivity contribution is 0.660. The zero-order valence-electron chi connectivity index (χ0n) is 37.2. The molecule has 0 spiro atoms. The molecule has 1 heteroatoms. The molecule has 0 saturated carbocycles. The maximum Gasteiger partial charge on any atom is 0.0158 e. The number of thioether (sulfide) groups is 1. The average Bonchev–Trinajstić information content (AvgIpc) is 3.48. The SMILES string of the molecule is CSc1cc(C)ccc1-c1ccc(-c2ccc(-c3ccccc3C)c(C)c2)cc1.Cc1ccc2c(c1)-c1ccccc1C2(C)C.Cc1ccccc1.Cc1ccccc1C. The van der Waals surface area contributed by atoms with E-state index in [-0.39, 0.29) is 5.41 Å². The molecule has 60 heavy (non-hydrogen) atoms. The van der Waals surface area contributed by atoms with Crippen molar-refractivity contribution in [1.29, 1.82) is 0 Å². The van der Waals surface area contributed by atoms with Crippen LogP contribution in [0, 0.1) is 48.5 Å². The topological polar surface area (TPSA) is 0 Å². The number of benzene rings is 8. The third-order valence-corrected chi connectivity index (χ3v) is 12.4. The summed E-state index contributed by atoms with van der Waals surface area (Å²) in [6, 6.07) is 65.2. The summed E-state index contributed by atoms with van der Waals surface area (Å²) in [7, 11) is 0. The van der Waals surface area contributed by atoms with Gasteiger partial charge in [-0.3, -0.25) is 0 Å². The summed E-state index contributed by atoms with van der Waals surface area (Å²) in [5.74, 6) is 0. The van der Waals surface area contributed by atoms with Crippen molar-refractivity contribution >= 4 is 11.8 Å². The minimum atomic E-state index is 0.152. The molecule has 0 heterocycles. The Morgan fingerprint density at radius 3 is 1.38 bits per heavy atom. The highest BCUT2D eigenvalue weighted by molar-refractivity contribution is 7.98. The Morgan fingerprint density at radius 1 is 0.317 bits per heavy atom. The van der Waals surface area contributed by atoms with E-state index >= 15 is 0 Å². The highest BCUT2D eigenvalue weighted by Gasteiger charge is 2.34. The highest BCUT2D eigenvalue weighted by atomic mass is 32.2. The zero-order chi connectivity index (χ0) is 42.8. The molecule has 0 aliphatic heterocycles. The van der Waals surface area contributed by atoms with Gasteiger partial charge in [0.05, 0.1) is 0 Å². The third-order valence-electron chi connectivity index (χ3n) is 11.7. The van der Waals surface area contributed by atoms with Gasteiger partial charge >= 0.3 is 0 Å². The lowest BCUT2D eigenvalue weighted by Gasteiger charge is -2.21. The van der Waals surface area contributed by atoms with Crippen LogP contribution in [0.3, 0.4) is 0 Å². The van der Waals surface area contributed by atoms with Crippen molar-refractivity contribution in [3.05, 3.63) is 232 Å². The molecule has 8 aromatic rings. The second-order valence-electron chi connectivity index (χ2n) is 16.6. The molecule has 0 fully saturated rings. The van der Waals surface area contributed by atoms with Gasteiger partial charge in [0.25, 0.3) is 0 Å². The number of hydrogen-bond donors (Lipinski definition) is 0. The maximum atomic E-state index is 2.31. The van der Waals surface area contributed by atoms with Crippen LogP contribution in [-0.4, -0.2) is 6.26 Å². The van der Waals surface area contributed by atoms with Gasteiger partial charge in [0.15, 0.2) is 0 Å². The van der Waals surface area contributed by atoms with Crippen LogP contribution in [0.2, 0.25) is 0 Å². The van der Waals surface area contributed by atoms with Crippen molar-refractivity contribution in [1.82, 2.24) is 0 Å². The van der Waals surface area contributed by atoms with E-state index in [2.05, 4.69) is 232 Å². The lowest BCUT2D eigenvalue weighted by Crippen LogP contribution is -2.14. The van der Waals surface area contributed by atoms with E-state index in [0.29, 0.717) is 0 Å². The quantitative estimate of drug-likeness (QED) is 0.160. The molecule has 0 unspecified atom stereocenters. The van der Waals surface area contributed by atoms with Gasteiger partial charge in [-0.25, -0.2) is 0 Å². The normalized spacial score (nSPS) is 11.7. The second-order valence-corrected chi connectivity index (χ2v) is 17.4. The van der Waals surface area contributed by atoms with Gasteiger partial charge in [-0.2, -0.15) is 0 Å². The fourth-order valence-corrected chi connectivity index (χ4v) is 8.64. The Hall–Kier alpha value is -5.89. The zero-order valence-corrected chi connectivity index (χ0v) is 38.0. The smallest absolute Gasteiger partial charge is 0.0158 e. The van der Waals surface area contributed by atoms with Gasteiger partial charge in [-0.1, -0.05) is 201 Å². The molecular formula is C59H60S. The van der Waals surface area contributed by atoms with Gasteiger partial charge in [0.2, 0.25) is 0 Å². The molecule has 1 aliphatic rings. The number of rotatable bonds is 4. The number of fused-ring (bicyclic) bond motifs is 3. The lowest BCUT2D eigenvalue weighted by atomic mass is 9.82. The Kier molecular flexibility index (Phi) is 14.5. The van der Waals surface area contributed by atoms with Crippen molar-refractivity contribution in [2.45, 2.75) is 72.6 Å². The predicted molar refractivity (Wildman–Crippen MR) is 265 cm³/mol. The molecule has 0 amide bonds. The van der Waals surface area contributed by atoms with Crippen molar-refractivity contribution in [2.24, 2.45) is 0 Å². The summed E-state index contributed by atoms with van der Waals surface area (Å²) < 4.78 is 0. The number of hydrogen-bond acceptors (Lipinski definition) is 1. The molecule has 302 valence electrons. The largest absolute Gasteiger partial charge is 0.129 e. The third kappa shape index (κ3) is 10.5. The van der Waals surface area contributed by atoms with E-state index in [0.717, 1.165) is 0 Å². The second kappa shape index (κ2) is 19.9. The molecule has 8 aromatic carbocycles. The molecule has 0 saturated heterocycles. The summed E-state index contributed by atoms with van der Waals surface area (Å²) >= 11 is 1.81. The monoisotopic (exact) mass is 800 g/mol. The van der Waals surface area contributed by atoms with Crippen LogP contribution in [0.25, 0.3) is 44.5 Å². The molecule has 0 atom stereocenters. The van der Waals surface area contributed by atoms with E-state index in [1.807, 2.05) is 30.0 Å². The van der Waals surface area contributed by atoms with E-state index in [4.69, 9.17) is 0 Å². The summed E-state index contributed by atoms with van der Waals surface area (Å²) in [6.45, 7) is 19.6. The van der Waals surface area contributed by atoms with Gasteiger partial charge in [0.1, 0.15) is 0 Å². The van der Waals surface area contributed by atoms with E-state index in [1.165, 1.54) is 99.5 Å². The fourth-order valence-electron chi connectivity index (χ4n) is 7.93. The van der Waals surface area contributed by atoms with Crippen molar-refractivity contribution in [2.75, 3.05) is 6.26 Å². The van der Waals surface area contributed by atoms with Crippen LogP contribution in [0.4, 0.5) is 0 Å². The number of aryl methyl sites for hydroxylation is 7. The van der Waals surface area contributed by atoms with E-state index in [9.17, 15) is 0 Å². The summed E-state index contributed by atoms with van der Waals surface area (Å²) in [5.41, 5.74) is 22.9. The first-order valence-electron chi connectivity index (χ1n) is 21.0. The van der Waals surface area contributed by atoms with Crippen LogP contribution < -0.4 is 0 Å². The summed E-state index contributed by atoms with van der Waals surface area (Å²) in [6.07, 6.45) is 2.14. The fraction of sp³-hybridized carbons (Fsp3) is 0.186. The minimum absolute atomic E-state index is 0.152. The van der Waals surface area contributed by atoms with Gasteiger partial charge in [-0.05, 0) is 144 Å². The van der Waals surface area contributed by atoms with Gasteiger partial charge < -0.3 is 0 Å². The standard InChI is InChI=1S/C28H26S.C16H16.C8H10.C7H8/c1-19-9-15-27(28(17-19)29-4)23-12-10-22(11-13-23)24-14-16-26(21(3)18-24)25-8-6-5-7-20(25)2;1-11-8-9-15-13(10-11)12-6-4-5-7-14(12)16(15,2)3;1-7-5-3-4-6-8(7)2;1-7-5-3-2-4-6-7/h5-18H,1-4H3;4-10H,1-3H3;3-6H,1-2H3;2-6H,1H3. The molecule has 0 radical (unpaired) electrons. The van der Waals surface area contributed by atoms with Crippen molar-refractivity contribution in [3.63, 3.8) is 0 Å². The Bertz CT molecular complexity index is 2640. The van der Waals surface area contributed by atoms with Crippen LogP contribution in [-0.2, 0) is 5.41 Å². The first kappa shape index (κ1) is 43.7. The molecule has 0 N–H and O–H groups in total. The molecule has 1 aliphatic carbocycles.